The summed E-state index contributed by atoms with van der Waals surface area (Å²) in [6.07, 6.45) is 0. The van der Waals surface area contributed by atoms with Crippen LogP contribution in [0.5, 0.6) is 5.75 Å². The van der Waals surface area contributed by atoms with E-state index in [0.717, 1.165) is 5.39 Å². The number of carbonyl (C=O) groups excluding carboxylic acids is 1. The lowest BCUT2D eigenvalue weighted by atomic mass is 10.1. The summed E-state index contributed by atoms with van der Waals surface area (Å²) in [5.41, 5.74) is 0.279. The van der Waals surface area contributed by atoms with Gasteiger partial charge in [0.2, 0.25) is 0 Å². The summed E-state index contributed by atoms with van der Waals surface area (Å²) >= 11 is 0. The van der Waals surface area contributed by atoms with E-state index in [1.807, 2.05) is 12.1 Å². The molecule has 0 aliphatic rings. The van der Waals surface area contributed by atoms with Crippen molar-refractivity contribution in [3.63, 3.8) is 0 Å². The monoisotopic (exact) mass is 367 g/mol. The smallest absolute Gasteiger partial charge is 0.344 e. The van der Waals surface area contributed by atoms with Crippen LogP contribution >= 0.6 is 0 Å². The van der Waals surface area contributed by atoms with Crippen LogP contribution in [0.25, 0.3) is 22.1 Å². The van der Waals surface area contributed by atoms with Crippen LogP contribution in [0.4, 0.5) is 0 Å². The van der Waals surface area contributed by atoms with Gasteiger partial charge in [-0.05, 0) is 48.7 Å². The van der Waals surface area contributed by atoms with Gasteiger partial charge < -0.3 is 19.6 Å². The zero-order valence-electron chi connectivity index (χ0n) is 14.5. The van der Waals surface area contributed by atoms with E-state index in [-0.39, 0.29) is 6.61 Å². The molecule has 138 valence electrons. The van der Waals surface area contributed by atoms with Crippen molar-refractivity contribution in [2.24, 2.45) is 0 Å². The van der Waals surface area contributed by atoms with E-state index in [9.17, 15) is 14.4 Å². The number of aliphatic carboxylic acids is 1. The molecule has 1 unspecified atom stereocenters. The number of carboxylic acid groups (broad SMARTS) is 1. The first-order chi connectivity index (χ1) is 12.9. The van der Waals surface area contributed by atoms with Gasteiger partial charge in [-0.3, -0.25) is 9.59 Å². The molecule has 1 amide bonds. The Labute approximate surface area is 154 Å². The quantitative estimate of drug-likeness (QED) is 0.693. The van der Waals surface area contributed by atoms with Crippen LogP contribution in [-0.4, -0.2) is 29.6 Å². The third-order valence-electron chi connectivity index (χ3n) is 3.93. The van der Waals surface area contributed by atoms with Crippen LogP contribution in [0.3, 0.4) is 0 Å². The molecular formula is C20H17NO6. The summed E-state index contributed by atoms with van der Waals surface area (Å²) in [6, 6.07) is 14.7. The van der Waals surface area contributed by atoms with Gasteiger partial charge in [0, 0.05) is 5.56 Å². The molecule has 7 heteroatoms. The van der Waals surface area contributed by atoms with Gasteiger partial charge in [-0.2, -0.15) is 0 Å². The summed E-state index contributed by atoms with van der Waals surface area (Å²) in [5.74, 6) is -0.794. The van der Waals surface area contributed by atoms with E-state index in [4.69, 9.17) is 14.3 Å². The average molecular weight is 367 g/mol. The Morgan fingerprint density at radius 2 is 1.85 bits per heavy atom. The van der Waals surface area contributed by atoms with Gasteiger partial charge in [-0.1, -0.05) is 18.2 Å². The molecule has 0 saturated carbocycles. The number of rotatable bonds is 6. The SMILES string of the molecule is CC(NC(=O)COc1ccc(-c2cc3ccccc3c(=O)o2)cc1)C(=O)O. The first-order valence-electron chi connectivity index (χ1n) is 8.22. The minimum absolute atomic E-state index is 0.304. The molecule has 0 bridgehead atoms. The van der Waals surface area contributed by atoms with Gasteiger partial charge in [0.15, 0.2) is 6.61 Å². The molecule has 3 aromatic rings. The molecule has 1 heterocycles. The zero-order valence-corrected chi connectivity index (χ0v) is 14.5. The number of amides is 1. The normalized spacial score (nSPS) is 11.7. The Morgan fingerprint density at radius 1 is 1.15 bits per heavy atom. The molecular weight excluding hydrogens is 350 g/mol. The molecule has 0 fully saturated rings. The predicted octanol–water partition coefficient (Wildman–Crippen LogP) is 2.43. The lowest BCUT2D eigenvalue weighted by molar-refractivity contribution is -0.141. The summed E-state index contributed by atoms with van der Waals surface area (Å²) in [5, 5.41) is 12.4. The highest BCUT2D eigenvalue weighted by molar-refractivity contribution is 5.84. The largest absolute Gasteiger partial charge is 0.484 e. The molecule has 27 heavy (non-hydrogen) atoms. The molecule has 0 radical (unpaired) electrons. The minimum Gasteiger partial charge on any atom is -0.484 e. The molecule has 0 aliphatic carbocycles. The van der Waals surface area contributed by atoms with E-state index in [1.165, 1.54) is 6.92 Å². The highest BCUT2D eigenvalue weighted by Gasteiger charge is 2.14. The third-order valence-corrected chi connectivity index (χ3v) is 3.93. The van der Waals surface area contributed by atoms with Crippen molar-refractivity contribution in [1.82, 2.24) is 5.32 Å². The van der Waals surface area contributed by atoms with E-state index >= 15 is 0 Å². The van der Waals surface area contributed by atoms with E-state index in [0.29, 0.717) is 22.5 Å². The fraction of sp³-hybridized carbons (Fsp3) is 0.150. The van der Waals surface area contributed by atoms with Crippen molar-refractivity contribution in [2.45, 2.75) is 13.0 Å². The lowest BCUT2D eigenvalue weighted by Crippen LogP contribution is -2.40. The summed E-state index contributed by atoms with van der Waals surface area (Å²) in [7, 11) is 0. The second kappa shape index (κ2) is 7.74. The van der Waals surface area contributed by atoms with Crippen LogP contribution in [-0.2, 0) is 9.59 Å². The van der Waals surface area contributed by atoms with E-state index in [2.05, 4.69) is 5.32 Å². The number of nitrogens with one attached hydrogen (secondary N) is 1. The Hall–Kier alpha value is -3.61. The summed E-state index contributed by atoms with van der Waals surface area (Å²) in [6.45, 7) is 1.06. The lowest BCUT2D eigenvalue weighted by Gasteiger charge is -2.10. The number of hydrogen-bond acceptors (Lipinski definition) is 5. The number of carboxylic acids is 1. The second-order valence-electron chi connectivity index (χ2n) is 5.93. The fourth-order valence-corrected chi connectivity index (χ4v) is 2.49. The number of benzene rings is 2. The predicted molar refractivity (Wildman–Crippen MR) is 98.7 cm³/mol. The molecule has 2 aromatic carbocycles. The highest BCUT2D eigenvalue weighted by Crippen LogP contribution is 2.24. The van der Waals surface area contributed by atoms with Crippen LogP contribution in [0, 0.1) is 0 Å². The van der Waals surface area contributed by atoms with Gasteiger partial charge in [0.1, 0.15) is 17.6 Å². The first kappa shape index (κ1) is 18.2. The summed E-state index contributed by atoms with van der Waals surface area (Å²) < 4.78 is 10.7. The molecule has 2 N–H and O–H groups in total. The summed E-state index contributed by atoms with van der Waals surface area (Å²) in [4.78, 5) is 34.4. The molecule has 0 saturated heterocycles. The van der Waals surface area contributed by atoms with E-state index < -0.39 is 23.5 Å². The van der Waals surface area contributed by atoms with Crippen LogP contribution in [0.1, 0.15) is 6.92 Å². The second-order valence-corrected chi connectivity index (χ2v) is 5.93. The number of fused-ring (bicyclic) bond motifs is 1. The highest BCUT2D eigenvalue weighted by atomic mass is 16.5. The van der Waals surface area contributed by atoms with Gasteiger partial charge in [0.25, 0.3) is 5.91 Å². The topological polar surface area (TPSA) is 106 Å². The Kier molecular flexibility index (Phi) is 5.21. The maximum atomic E-state index is 12.1. The Balaban J connectivity index is 1.70. The maximum Gasteiger partial charge on any atom is 0.344 e. The third kappa shape index (κ3) is 4.33. The van der Waals surface area contributed by atoms with Gasteiger partial charge in [0.05, 0.1) is 5.39 Å². The van der Waals surface area contributed by atoms with Crippen LogP contribution < -0.4 is 15.7 Å². The van der Waals surface area contributed by atoms with Crippen molar-refractivity contribution in [1.29, 1.82) is 0 Å². The number of ether oxygens (including phenoxy) is 1. The first-order valence-corrected chi connectivity index (χ1v) is 8.22. The van der Waals surface area contributed by atoms with Crippen LogP contribution in [0.15, 0.2) is 63.8 Å². The molecule has 0 aliphatic heterocycles. The van der Waals surface area contributed by atoms with Crippen molar-refractivity contribution >= 4 is 22.6 Å². The zero-order chi connectivity index (χ0) is 19.4. The standard InChI is InChI=1S/C20H17NO6/c1-12(19(23)24)21-18(22)11-26-15-8-6-13(7-9-15)17-10-14-4-2-3-5-16(14)20(25)27-17/h2-10,12H,11H2,1H3,(H,21,22)(H,23,24). The number of hydrogen-bond donors (Lipinski definition) is 2. The van der Waals surface area contributed by atoms with Crippen molar-refractivity contribution < 1.29 is 23.8 Å². The number of carbonyl (C=O) groups is 2. The molecule has 7 nitrogen and oxygen atoms in total. The molecule has 1 atom stereocenters. The van der Waals surface area contributed by atoms with Crippen molar-refractivity contribution in [2.75, 3.05) is 6.61 Å². The maximum absolute atomic E-state index is 12.1. The molecule has 3 rings (SSSR count). The fourth-order valence-electron chi connectivity index (χ4n) is 2.49. The molecule has 0 spiro atoms. The van der Waals surface area contributed by atoms with Gasteiger partial charge in [-0.15, -0.1) is 0 Å². The van der Waals surface area contributed by atoms with Gasteiger partial charge >= 0.3 is 11.6 Å². The van der Waals surface area contributed by atoms with Gasteiger partial charge in [-0.25, -0.2) is 4.79 Å². The van der Waals surface area contributed by atoms with Crippen molar-refractivity contribution in [3.05, 3.63) is 65.0 Å². The van der Waals surface area contributed by atoms with Crippen LogP contribution in [0.2, 0.25) is 0 Å². The average Bonchev–Trinajstić information content (AvgIpc) is 2.66. The Morgan fingerprint density at radius 3 is 2.56 bits per heavy atom. The Bertz CT molecular complexity index is 1040. The van der Waals surface area contributed by atoms with Crippen molar-refractivity contribution in [3.8, 4) is 17.1 Å². The molecule has 1 aromatic heterocycles. The minimum atomic E-state index is -1.12. The van der Waals surface area contributed by atoms with E-state index in [1.54, 1.807) is 42.5 Å².